The first-order valence-corrected chi connectivity index (χ1v) is 12.6. The van der Waals surface area contributed by atoms with Crippen LogP contribution in [0, 0.1) is 0 Å². The van der Waals surface area contributed by atoms with Crippen molar-refractivity contribution in [1.29, 1.82) is 0 Å². The van der Waals surface area contributed by atoms with Gasteiger partial charge >= 0.3 is 17.9 Å². The van der Waals surface area contributed by atoms with Crippen molar-refractivity contribution in [3.8, 4) is 11.5 Å². The van der Waals surface area contributed by atoms with Gasteiger partial charge in [0.15, 0.2) is 5.60 Å². The summed E-state index contributed by atoms with van der Waals surface area (Å²) in [6.45, 7) is 5.39. The molecule has 2 aromatic carbocycles. The zero-order valence-electron chi connectivity index (χ0n) is 22.2. The van der Waals surface area contributed by atoms with Gasteiger partial charge in [0.05, 0.1) is 32.2 Å². The molecule has 0 spiro atoms. The standard InChI is InChI=1S/C22H29NO3.C6H8O7/c1-3-16-26-20-10-6-4-8-18(20)17-23-14-12-22(24,13-15-23)19-9-5-7-11-21(19)25-2;7-3(8)1-6(13,5(11)12)2-4(9)10/h4-11,24H,3,12-17H2,1-2H3;13H,1-2H2,(H,7,8)(H,9,10)(H,11,12). The second kappa shape index (κ2) is 14.5. The van der Waals surface area contributed by atoms with Gasteiger partial charge < -0.3 is 35.0 Å². The lowest BCUT2D eigenvalue weighted by Gasteiger charge is -2.39. The van der Waals surface area contributed by atoms with E-state index < -0.39 is 42.0 Å². The average molecular weight is 548 g/mol. The van der Waals surface area contributed by atoms with Crippen molar-refractivity contribution in [2.24, 2.45) is 0 Å². The van der Waals surface area contributed by atoms with Crippen molar-refractivity contribution >= 4 is 17.9 Å². The van der Waals surface area contributed by atoms with E-state index in [2.05, 4.69) is 24.0 Å². The maximum Gasteiger partial charge on any atom is 0.336 e. The van der Waals surface area contributed by atoms with Crippen LogP contribution < -0.4 is 9.47 Å². The zero-order chi connectivity index (χ0) is 29.1. The van der Waals surface area contributed by atoms with E-state index in [1.54, 1.807) is 7.11 Å². The largest absolute Gasteiger partial charge is 0.496 e. The highest BCUT2D eigenvalue weighted by atomic mass is 16.5. The summed E-state index contributed by atoms with van der Waals surface area (Å²) in [6, 6.07) is 16.0. The lowest BCUT2D eigenvalue weighted by atomic mass is 9.83. The predicted octanol–water partition coefficient (Wildman–Crippen LogP) is 2.72. The molecule has 0 radical (unpaired) electrons. The number of likely N-dealkylation sites (tertiary alicyclic amines) is 1. The molecule has 0 bridgehead atoms. The number of aliphatic carboxylic acids is 3. The number of rotatable bonds is 12. The average Bonchev–Trinajstić information content (AvgIpc) is 2.89. The summed E-state index contributed by atoms with van der Waals surface area (Å²) in [7, 11) is 1.66. The molecule has 11 heteroatoms. The molecule has 3 rings (SSSR count). The van der Waals surface area contributed by atoms with Crippen LogP contribution in [0.1, 0.15) is 50.2 Å². The fourth-order valence-electron chi connectivity index (χ4n) is 4.32. The maximum absolute atomic E-state index is 11.2. The lowest BCUT2D eigenvalue weighted by molar-refractivity contribution is -0.170. The van der Waals surface area contributed by atoms with E-state index in [0.717, 1.165) is 49.7 Å². The van der Waals surface area contributed by atoms with E-state index in [1.165, 1.54) is 5.56 Å². The Morgan fingerprint density at radius 2 is 1.46 bits per heavy atom. The minimum absolute atomic E-state index is 0.700. The number of hydrogen-bond acceptors (Lipinski definition) is 8. The van der Waals surface area contributed by atoms with Crippen LogP contribution in [0.15, 0.2) is 48.5 Å². The van der Waals surface area contributed by atoms with Gasteiger partial charge in [0, 0.05) is 30.8 Å². The van der Waals surface area contributed by atoms with Crippen molar-refractivity contribution < 1.29 is 49.4 Å². The molecule has 1 fully saturated rings. The molecule has 214 valence electrons. The molecule has 5 N–H and O–H groups in total. The van der Waals surface area contributed by atoms with Crippen molar-refractivity contribution in [2.45, 2.75) is 56.8 Å². The molecular weight excluding hydrogens is 510 g/mol. The summed E-state index contributed by atoms with van der Waals surface area (Å²) < 4.78 is 11.3. The lowest BCUT2D eigenvalue weighted by Crippen LogP contribution is -2.42. The molecule has 1 aliphatic heterocycles. The highest BCUT2D eigenvalue weighted by molar-refractivity contribution is 5.88. The fourth-order valence-corrected chi connectivity index (χ4v) is 4.32. The minimum atomic E-state index is -2.74. The van der Waals surface area contributed by atoms with Crippen molar-refractivity contribution in [3.05, 3.63) is 59.7 Å². The van der Waals surface area contributed by atoms with Gasteiger partial charge in [-0.05, 0) is 31.4 Å². The van der Waals surface area contributed by atoms with E-state index in [-0.39, 0.29) is 0 Å². The third kappa shape index (κ3) is 9.24. The second-order valence-corrected chi connectivity index (χ2v) is 9.44. The predicted molar refractivity (Wildman–Crippen MR) is 141 cm³/mol. The number of para-hydroxylation sites is 2. The molecule has 11 nitrogen and oxygen atoms in total. The van der Waals surface area contributed by atoms with E-state index in [4.69, 9.17) is 29.9 Å². The number of aliphatic hydroxyl groups is 2. The SMILES string of the molecule is CCCOc1ccccc1CN1CCC(O)(c2ccccc2OC)CC1.O=C(O)CC(O)(CC(=O)O)C(=O)O. The topological polar surface area (TPSA) is 174 Å². The molecule has 0 amide bonds. The Morgan fingerprint density at radius 3 is 1.97 bits per heavy atom. The Bertz CT molecular complexity index is 1100. The third-order valence-corrected chi connectivity index (χ3v) is 6.41. The molecule has 0 atom stereocenters. The molecule has 0 aromatic heterocycles. The number of piperidine rings is 1. The van der Waals surface area contributed by atoms with Gasteiger partial charge in [-0.1, -0.05) is 43.3 Å². The summed E-state index contributed by atoms with van der Waals surface area (Å²) in [4.78, 5) is 32.9. The fraction of sp³-hybridized carbons (Fsp3) is 0.464. The van der Waals surface area contributed by atoms with E-state index in [9.17, 15) is 19.5 Å². The Labute approximate surface area is 227 Å². The van der Waals surface area contributed by atoms with E-state index in [0.29, 0.717) is 12.8 Å². The van der Waals surface area contributed by atoms with Crippen LogP contribution in [0.3, 0.4) is 0 Å². The van der Waals surface area contributed by atoms with Crippen LogP contribution in [0.4, 0.5) is 0 Å². The normalized spacial score (nSPS) is 15.0. The summed E-state index contributed by atoms with van der Waals surface area (Å²) in [6.07, 6.45) is 0.115. The zero-order valence-corrected chi connectivity index (χ0v) is 22.2. The van der Waals surface area contributed by atoms with Gasteiger partial charge in [-0.15, -0.1) is 0 Å². The number of ether oxygens (including phenoxy) is 2. The van der Waals surface area contributed by atoms with Crippen LogP contribution in [0.2, 0.25) is 0 Å². The summed E-state index contributed by atoms with van der Waals surface area (Å²) in [5.74, 6) is -3.28. The van der Waals surface area contributed by atoms with E-state index >= 15 is 0 Å². The Morgan fingerprint density at radius 1 is 0.923 bits per heavy atom. The van der Waals surface area contributed by atoms with Crippen LogP contribution >= 0.6 is 0 Å². The highest BCUT2D eigenvalue weighted by Crippen LogP contribution is 2.38. The highest BCUT2D eigenvalue weighted by Gasteiger charge is 2.41. The molecule has 39 heavy (non-hydrogen) atoms. The van der Waals surface area contributed by atoms with Gasteiger partial charge in [0.1, 0.15) is 11.5 Å². The van der Waals surface area contributed by atoms with Gasteiger partial charge in [0.2, 0.25) is 0 Å². The number of hydrogen-bond donors (Lipinski definition) is 5. The summed E-state index contributed by atoms with van der Waals surface area (Å²) in [5.41, 5.74) is -1.45. The van der Waals surface area contributed by atoms with Crippen molar-refractivity contribution in [3.63, 3.8) is 0 Å². The molecule has 1 heterocycles. The molecule has 2 aromatic rings. The van der Waals surface area contributed by atoms with Gasteiger partial charge in [-0.3, -0.25) is 14.5 Å². The van der Waals surface area contributed by atoms with Crippen molar-refractivity contribution in [2.75, 3.05) is 26.8 Å². The van der Waals surface area contributed by atoms with Crippen LogP contribution in [-0.4, -0.2) is 80.7 Å². The molecular formula is C28H37NO10. The Kier molecular flexibility index (Phi) is 11.7. The first kappa shape index (κ1) is 31.5. The molecule has 0 aliphatic carbocycles. The first-order chi connectivity index (χ1) is 18.4. The number of benzene rings is 2. The summed E-state index contributed by atoms with van der Waals surface area (Å²) >= 11 is 0. The number of carboxylic acid groups (broad SMARTS) is 3. The minimum Gasteiger partial charge on any atom is -0.496 e. The monoisotopic (exact) mass is 547 g/mol. The number of carboxylic acids is 3. The first-order valence-electron chi connectivity index (χ1n) is 12.6. The number of carbonyl (C=O) groups is 3. The third-order valence-electron chi connectivity index (χ3n) is 6.41. The van der Waals surface area contributed by atoms with Crippen LogP contribution in [-0.2, 0) is 26.5 Å². The Balaban J connectivity index is 0.000000349. The molecule has 1 saturated heterocycles. The van der Waals surface area contributed by atoms with Gasteiger partial charge in [-0.2, -0.15) is 0 Å². The van der Waals surface area contributed by atoms with Crippen LogP contribution in [0.5, 0.6) is 11.5 Å². The van der Waals surface area contributed by atoms with E-state index in [1.807, 2.05) is 36.4 Å². The number of nitrogens with zero attached hydrogens (tertiary/aromatic N) is 1. The summed E-state index contributed by atoms with van der Waals surface area (Å²) in [5, 5.41) is 45.0. The van der Waals surface area contributed by atoms with Gasteiger partial charge in [0.25, 0.3) is 0 Å². The second-order valence-electron chi connectivity index (χ2n) is 9.44. The smallest absolute Gasteiger partial charge is 0.336 e. The molecule has 0 unspecified atom stereocenters. The Hall–Kier alpha value is -3.67. The molecule has 0 saturated carbocycles. The van der Waals surface area contributed by atoms with Crippen LogP contribution in [0.25, 0.3) is 0 Å². The molecule has 1 aliphatic rings. The van der Waals surface area contributed by atoms with Gasteiger partial charge in [-0.25, -0.2) is 4.79 Å². The quantitative estimate of drug-likeness (QED) is 0.264. The number of methoxy groups -OCH3 is 1. The maximum atomic E-state index is 11.2. The van der Waals surface area contributed by atoms with Crippen molar-refractivity contribution in [1.82, 2.24) is 4.90 Å².